The Balaban J connectivity index is 1.86. The first-order valence-electron chi connectivity index (χ1n) is 7.33. The van der Waals surface area contributed by atoms with Crippen LogP contribution in [0.2, 0.25) is 5.15 Å². The van der Waals surface area contributed by atoms with E-state index in [1.807, 2.05) is 0 Å². The van der Waals surface area contributed by atoms with Gasteiger partial charge in [-0.25, -0.2) is 9.97 Å². The van der Waals surface area contributed by atoms with Crippen molar-refractivity contribution >= 4 is 33.2 Å². The number of thiophene rings is 1. The first-order chi connectivity index (χ1) is 10.3. The van der Waals surface area contributed by atoms with Crippen LogP contribution in [0, 0.1) is 0 Å². The summed E-state index contributed by atoms with van der Waals surface area (Å²) in [6.07, 6.45) is 4.54. The maximum atomic E-state index is 6.45. The van der Waals surface area contributed by atoms with Crippen molar-refractivity contribution in [3.63, 3.8) is 0 Å². The second kappa shape index (κ2) is 5.08. The molecule has 3 aromatic rings. The van der Waals surface area contributed by atoms with Gasteiger partial charge in [-0.1, -0.05) is 42.8 Å². The van der Waals surface area contributed by atoms with Crippen molar-refractivity contribution in [3.8, 4) is 11.4 Å². The standard InChI is InChI=1S/C17H15ClN2S/c1-2-10-6-8-11(9-7-10)16-19-15(18)14-12-4-3-5-13(12)21-17(14)20-16/h6-9H,2-5H2,1H3. The van der Waals surface area contributed by atoms with Crippen LogP contribution < -0.4 is 0 Å². The van der Waals surface area contributed by atoms with Crippen molar-refractivity contribution in [2.75, 3.05) is 0 Å². The monoisotopic (exact) mass is 314 g/mol. The molecule has 1 aliphatic carbocycles. The van der Waals surface area contributed by atoms with Crippen molar-refractivity contribution in [1.82, 2.24) is 9.97 Å². The molecule has 0 saturated carbocycles. The van der Waals surface area contributed by atoms with E-state index >= 15 is 0 Å². The molecule has 4 rings (SSSR count). The average molecular weight is 315 g/mol. The normalized spacial score (nSPS) is 13.8. The third-order valence-electron chi connectivity index (χ3n) is 4.14. The molecule has 0 N–H and O–H groups in total. The van der Waals surface area contributed by atoms with Crippen molar-refractivity contribution in [2.45, 2.75) is 32.6 Å². The van der Waals surface area contributed by atoms with Gasteiger partial charge in [0.05, 0.1) is 5.39 Å². The van der Waals surface area contributed by atoms with Gasteiger partial charge in [-0.05, 0) is 36.8 Å². The van der Waals surface area contributed by atoms with E-state index < -0.39 is 0 Å². The first kappa shape index (κ1) is 13.2. The van der Waals surface area contributed by atoms with Crippen LogP contribution in [0.1, 0.15) is 29.3 Å². The minimum Gasteiger partial charge on any atom is -0.217 e. The summed E-state index contributed by atoms with van der Waals surface area (Å²) in [5.41, 5.74) is 3.73. The molecular weight excluding hydrogens is 300 g/mol. The van der Waals surface area contributed by atoms with E-state index in [4.69, 9.17) is 16.6 Å². The lowest BCUT2D eigenvalue weighted by molar-refractivity contribution is 0.917. The Morgan fingerprint density at radius 1 is 1.14 bits per heavy atom. The molecule has 0 fully saturated rings. The van der Waals surface area contributed by atoms with Gasteiger partial charge in [0.2, 0.25) is 0 Å². The van der Waals surface area contributed by atoms with E-state index in [0.717, 1.165) is 40.9 Å². The fourth-order valence-electron chi connectivity index (χ4n) is 2.97. The summed E-state index contributed by atoms with van der Waals surface area (Å²) in [6.45, 7) is 2.15. The number of aromatic nitrogens is 2. The summed E-state index contributed by atoms with van der Waals surface area (Å²) in [5, 5.41) is 1.69. The third kappa shape index (κ3) is 2.16. The van der Waals surface area contributed by atoms with Crippen LogP contribution in [0.25, 0.3) is 21.6 Å². The highest BCUT2D eigenvalue weighted by Gasteiger charge is 2.21. The molecule has 0 bridgehead atoms. The van der Waals surface area contributed by atoms with E-state index in [9.17, 15) is 0 Å². The first-order valence-corrected chi connectivity index (χ1v) is 8.53. The van der Waals surface area contributed by atoms with Gasteiger partial charge >= 0.3 is 0 Å². The quantitative estimate of drug-likeness (QED) is 0.618. The van der Waals surface area contributed by atoms with Gasteiger partial charge in [-0.2, -0.15) is 0 Å². The number of fused-ring (bicyclic) bond motifs is 3. The minimum atomic E-state index is 0.606. The molecule has 0 spiro atoms. The number of aryl methyl sites for hydroxylation is 3. The van der Waals surface area contributed by atoms with Gasteiger partial charge in [0.15, 0.2) is 5.82 Å². The minimum absolute atomic E-state index is 0.606. The summed E-state index contributed by atoms with van der Waals surface area (Å²) in [6, 6.07) is 8.42. The van der Waals surface area contributed by atoms with Crippen molar-refractivity contribution in [2.24, 2.45) is 0 Å². The average Bonchev–Trinajstić information content (AvgIpc) is 3.07. The maximum Gasteiger partial charge on any atom is 0.162 e. The lowest BCUT2D eigenvalue weighted by Gasteiger charge is -2.04. The highest BCUT2D eigenvalue weighted by Crippen LogP contribution is 2.40. The maximum absolute atomic E-state index is 6.45. The molecule has 0 unspecified atom stereocenters. The molecule has 21 heavy (non-hydrogen) atoms. The predicted octanol–water partition coefficient (Wildman–Crippen LogP) is 5.06. The van der Waals surface area contributed by atoms with Gasteiger partial charge in [-0.3, -0.25) is 0 Å². The fourth-order valence-corrected chi connectivity index (χ4v) is 4.57. The lowest BCUT2D eigenvalue weighted by Crippen LogP contribution is -1.91. The van der Waals surface area contributed by atoms with Gasteiger partial charge < -0.3 is 0 Å². The van der Waals surface area contributed by atoms with Crippen molar-refractivity contribution < 1.29 is 0 Å². The summed E-state index contributed by atoms with van der Waals surface area (Å²) < 4.78 is 0. The Kier molecular flexibility index (Phi) is 3.20. The van der Waals surface area contributed by atoms with Crippen LogP contribution in [-0.2, 0) is 19.3 Å². The Labute approximate surface area is 132 Å². The number of nitrogens with zero attached hydrogens (tertiary/aromatic N) is 2. The zero-order valence-corrected chi connectivity index (χ0v) is 13.4. The van der Waals surface area contributed by atoms with Gasteiger partial charge in [0.25, 0.3) is 0 Å². The summed E-state index contributed by atoms with van der Waals surface area (Å²) in [7, 11) is 0. The highest BCUT2D eigenvalue weighted by atomic mass is 35.5. The molecule has 1 aromatic carbocycles. The van der Waals surface area contributed by atoms with Crippen LogP contribution >= 0.6 is 22.9 Å². The van der Waals surface area contributed by atoms with E-state index in [0.29, 0.717) is 5.15 Å². The molecular formula is C17H15ClN2S. The molecule has 0 amide bonds. The predicted molar refractivity (Wildman–Crippen MR) is 89.3 cm³/mol. The van der Waals surface area contributed by atoms with Gasteiger partial charge in [0, 0.05) is 10.4 Å². The smallest absolute Gasteiger partial charge is 0.162 e. The Bertz CT molecular complexity index is 821. The van der Waals surface area contributed by atoms with E-state index in [1.165, 1.54) is 22.4 Å². The number of hydrogen-bond acceptors (Lipinski definition) is 3. The number of rotatable bonds is 2. The Hall–Kier alpha value is -1.45. The van der Waals surface area contributed by atoms with Crippen LogP contribution in [0.5, 0.6) is 0 Å². The Morgan fingerprint density at radius 3 is 2.71 bits per heavy atom. The van der Waals surface area contributed by atoms with E-state index in [1.54, 1.807) is 11.3 Å². The molecule has 2 nitrogen and oxygen atoms in total. The zero-order valence-electron chi connectivity index (χ0n) is 11.8. The summed E-state index contributed by atoms with van der Waals surface area (Å²) in [4.78, 5) is 11.8. The van der Waals surface area contributed by atoms with Crippen molar-refractivity contribution in [1.29, 1.82) is 0 Å². The van der Waals surface area contributed by atoms with Crippen LogP contribution in [-0.4, -0.2) is 9.97 Å². The lowest BCUT2D eigenvalue weighted by atomic mass is 10.1. The summed E-state index contributed by atoms with van der Waals surface area (Å²) in [5.74, 6) is 0.732. The third-order valence-corrected chi connectivity index (χ3v) is 5.60. The molecule has 2 heterocycles. The van der Waals surface area contributed by atoms with E-state index in [2.05, 4.69) is 36.2 Å². The number of hydrogen-bond donors (Lipinski definition) is 0. The van der Waals surface area contributed by atoms with Gasteiger partial charge in [0.1, 0.15) is 9.98 Å². The molecule has 4 heteroatoms. The Morgan fingerprint density at radius 2 is 1.95 bits per heavy atom. The second-order valence-electron chi connectivity index (χ2n) is 5.43. The van der Waals surface area contributed by atoms with E-state index in [-0.39, 0.29) is 0 Å². The SMILES string of the molecule is CCc1ccc(-c2nc(Cl)c3c4c(sc3n2)CCC4)cc1. The largest absolute Gasteiger partial charge is 0.217 e. The molecule has 0 atom stereocenters. The number of halogens is 1. The molecule has 2 aromatic heterocycles. The van der Waals surface area contributed by atoms with Gasteiger partial charge in [-0.15, -0.1) is 11.3 Å². The molecule has 1 aliphatic rings. The number of benzene rings is 1. The molecule has 106 valence electrons. The molecule has 0 aliphatic heterocycles. The molecule has 0 radical (unpaired) electrons. The zero-order chi connectivity index (χ0) is 14.4. The second-order valence-corrected chi connectivity index (χ2v) is 6.87. The van der Waals surface area contributed by atoms with Crippen LogP contribution in [0.3, 0.4) is 0 Å². The topological polar surface area (TPSA) is 25.8 Å². The van der Waals surface area contributed by atoms with Crippen LogP contribution in [0.15, 0.2) is 24.3 Å². The van der Waals surface area contributed by atoms with Crippen LogP contribution in [0.4, 0.5) is 0 Å². The highest BCUT2D eigenvalue weighted by molar-refractivity contribution is 7.19. The fraction of sp³-hybridized carbons (Fsp3) is 0.294. The molecule has 0 saturated heterocycles. The van der Waals surface area contributed by atoms with Crippen molar-refractivity contribution in [3.05, 3.63) is 45.4 Å². The summed E-state index contributed by atoms with van der Waals surface area (Å²) >= 11 is 8.23.